The highest BCUT2D eigenvalue weighted by Crippen LogP contribution is 2.37. The molecule has 1 saturated heterocycles. The number of ether oxygens (including phenoxy) is 2. The van der Waals surface area contributed by atoms with E-state index in [9.17, 15) is 4.79 Å². The molecule has 0 spiro atoms. The molecular formula is C22H21NO3S2. The first-order valence-corrected chi connectivity index (χ1v) is 9.96. The van der Waals surface area contributed by atoms with Crippen molar-refractivity contribution >= 4 is 40.3 Å². The summed E-state index contributed by atoms with van der Waals surface area (Å²) in [6.45, 7) is 4.28. The van der Waals surface area contributed by atoms with Crippen LogP contribution in [-0.2, 0) is 17.8 Å². The van der Waals surface area contributed by atoms with Crippen molar-refractivity contribution in [3.8, 4) is 11.5 Å². The standard InChI is InChI=1S/C22H21NO3S2/c1-4-8-17-11-16(13-19-21(24)23(2)22(27)28-19)12-18(25-3)20(17)26-14-15-9-6-5-7-10-15/h4-7,9-13H,1,8,14H2,2-3H3/b19-13+. The fourth-order valence-electron chi connectivity index (χ4n) is 2.82. The van der Waals surface area contributed by atoms with Crippen molar-refractivity contribution in [2.24, 2.45) is 0 Å². The van der Waals surface area contributed by atoms with E-state index < -0.39 is 0 Å². The fraction of sp³-hybridized carbons (Fsp3) is 0.182. The highest BCUT2D eigenvalue weighted by atomic mass is 32.2. The van der Waals surface area contributed by atoms with E-state index in [-0.39, 0.29) is 5.91 Å². The second kappa shape index (κ2) is 9.08. The lowest BCUT2D eigenvalue weighted by Crippen LogP contribution is -2.22. The molecule has 4 nitrogen and oxygen atoms in total. The van der Waals surface area contributed by atoms with Crippen molar-refractivity contribution < 1.29 is 14.3 Å². The molecule has 0 atom stereocenters. The Morgan fingerprint density at radius 3 is 2.61 bits per heavy atom. The van der Waals surface area contributed by atoms with Crippen LogP contribution in [-0.4, -0.2) is 29.3 Å². The van der Waals surface area contributed by atoms with Gasteiger partial charge < -0.3 is 9.47 Å². The van der Waals surface area contributed by atoms with E-state index in [0.717, 1.165) is 16.7 Å². The van der Waals surface area contributed by atoms with E-state index in [1.54, 1.807) is 14.2 Å². The highest BCUT2D eigenvalue weighted by molar-refractivity contribution is 8.26. The van der Waals surface area contributed by atoms with E-state index in [2.05, 4.69) is 6.58 Å². The van der Waals surface area contributed by atoms with Crippen LogP contribution in [0.15, 0.2) is 60.0 Å². The Balaban J connectivity index is 1.94. The minimum absolute atomic E-state index is 0.0939. The molecule has 2 aromatic carbocycles. The van der Waals surface area contributed by atoms with Crippen LogP contribution in [0.5, 0.6) is 11.5 Å². The lowest BCUT2D eigenvalue weighted by atomic mass is 10.0. The van der Waals surface area contributed by atoms with Gasteiger partial charge in [0, 0.05) is 12.6 Å². The average molecular weight is 412 g/mol. The van der Waals surface area contributed by atoms with Crippen molar-refractivity contribution in [2.75, 3.05) is 14.2 Å². The molecule has 28 heavy (non-hydrogen) atoms. The van der Waals surface area contributed by atoms with Crippen molar-refractivity contribution in [2.45, 2.75) is 13.0 Å². The summed E-state index contributed by atoms with van der Waals surface area (Å²) >= 11 is 6.50. The van der Waals surface area contributed by atoms with Gasteiger partial charge in [0.2, 0.25) is 0 Å². The van der Waals surface area contributed by atoms with Gasteiger partial charge in [0.25, 0.3) is 5.91 Å². The maximum absolute atomic E-state index is 12.3. The van der Waals surface area contributed by atoms with E-state index in [1.807, 2.05) is 54.6 Å². The third-order valence-electron chi connectivity index (χ3n) is 4.25. The SMILES string of the molecule is C=CCc1cc(/C=C2/SC(=S)N(C)C2=O)cc(OC)c1OCc1ccccc1. The Kier molecular flexibility index (Phi) is 6.54. The number of hydrogen-bond acceptors (Lipinski definition) is 5. The summed E-state index contributed by atoms with van der Waals surface area (Å²) in [5, 5.41) is 0. The lowest BCUT2D eigenvalue weighted by Gasteiger charge is -2.16. The van der Waals surface area contributed by atoms with Gasteiger partial charge in [-0.05, 0) is 35.8 Å². The number of benzene rings is 2. The number of rotatable bonds is 7. The number of nitrogens with zero attached hydrogens (tertiary/aromatic N) is 1. The number of allylic oxidation sites excluding steroid dienone is 1. The van der Waals surface area contributed by atoms with Crippen LogP contribution in [0.2, 0.25) is 0 Å². The molecule has 6 heteroatoms. The van der Waals surface area contributed by atoms with Gasteiger partial charge in [0.05, 0.1) is 12.0 Å². The molecule has 1 amide bonds. The molecule has 144 valence electrons. The summed E-state index contributed by atoms with van der Waals surface area (Å²) in [7, 11) is 3.29. The Morgan fingerprint density at radius 1 is 1.25 bits per heavy atom. The summed E-state index contributed by atoms with van der Waals surface area (Å²) in [5.74, 6) is 1.21. The van der Waals surface area contributed by atoms with Crippen LogP contribution < -0.4 is 9.47 Å². The monoisotopic (exact) mass is 411 g/mol. The summed E-state index contributed by atoms with van der Waals surface area (Å²) in [6, 6.07) is 13.8. The maximum atomic E-state index is 12.3. The minimum atomic E-state index is -0.0939. The second-order valence-corrected chi connectivity index (χ2v) is 7.89. The molecule has 3 rings (SSSR count). The second-order valence-electron chi connectivity index (χ2n) is 6.22. The molecule has 0 N–H and O–H groups in total. The predicted octanol–water partition coefficient (Wildman–Crippen LogP) is 4.83. The molecule has 0 bridgehead atoms. The molecule has 1 fully saturated rings. The summed E-state index contributed by atoms with van der Waals surface area (Å²) < 4.78 is 12.2. The predicted molar refractivity (Wildman–Crippen MR) is 119 cm³/mol. The van der Waals surface area contributed by atoms with Gasteiger partial charge in [-0.3, -0.25) is 9.69 Å². The van der Waals surface area contributed by atoms with Crippen LogP contribution in [0.25, 0.3) is 6.08 Å². The average Bonchev–Trinajstić information content (AvgIpc) is 2.94. The zero-order valence-corrected chi connectivity index (χ0v) is 17.4. The zero-order valence-electron chi connectivity index (χ0n) is 15.8. The van der Waals surface area contributed by atoms with Crippen LogP contribution in [0.4, 0.5) is 0 Å². The van der Waals surface area contributed by atoms with Crippen LogP contribution in [0.3, 0.4) is 0 Å². The summed E-state index contributed by atoms with van der Waals surface area (Å²) in [4.78, 5) is 14.4. The van der Waals surface area contributed by atoms with Gasteiger partial charge in [0.15, 0.2) is 11.5 Å². The van der Waals surface area contributed by atoms with E-state index in [0.29, 0.717) is 33.8 Å². The molecule has 1 aliphatic rings. The third kappa shape index (κ3) is 4.46. The molecule has 0 saturated carbocycles. The highest BCUT2D eigenvalue weighted by Gasteiger charge is 2.28. The van der Waals surface area contributed by atoms with Gasteiger partial charge in [-0.15, -0.1) is 6.58 Å². The number of methoxy groups -OCH3 is 1. The van der Waals surface area contributed by atoms with Crippen molar-refractivity contribution in [1.29, 1.82) is 0 Å². The van der Waals surface area contributed by atoms with Crippen LogP contribution in [0, 0.1) is 0 Å². The lowest BCUT2D eigenvalue weighted by molar-refractivity contribution is -0.121. The number of carbonyl (C=O) groups excluding carboxylic acids is 1. The summed E-state index contributed by atoms with van der Waals surface area (Å²) in [5.41, 5.74) is 2.88. The normalized spacial score (nSPS) is 15.2. The molecule has 2 aromatic rings. The first kappa shape index (κ1) is 20.2. The number of thioether (sulfide) groups is 1. The Hall–Kier alpha value is -2.57. The van der Waals surface area contributed by atoms with Gasteiger partial charge in [-0.1, -0.05) is 60.4 Å². The van der Waals surface area contributed by atoms with E-state index in [1.165, 1.54) is 16.7 Å². The molecule has 0 aromatic heterocycles. The van der Waals surface area contributed by atoms with Gasteiger partial charge in [0.1, 0.15) is 10.9 Å². The molecule has 0 aliphatic carbocycles. The Labute approximate surface area is 174 Å². The number of amides is 1. The number of hydrogen-bond donors (Lipinski definition) is 0. The first-order chi connectivity index (χ1) is 13.5. The fourth-order valence-corrected chi connectivity index (χ4v) is 4.00. The largest absolute Gasteiger partial charge is 0.493 e. The van der Waals surface area contributed by atoms with Crippen molar-refractivity contribution in [1.82, 2.24) is 4.90 Å². The van der Waals surface area contributed by atoms with Gasteiger partial charge in [-0.2, -0.15) is 0 Å². The Morgan fingerprint density at radius 2 is 2.00 bits per heavy atom. The minimum Gasteiger partial charge on any atom is -0.493 e. The van der Waals surface area contributed by atoms with Gasteiger partial charge >= 0.3 is 0 Å². The zero-order chi connectivity index (χ0) is 20.1. The van der Waals surface area contributed by atoms with Gasteiger partial charge in [-0.25, -0.2) is 0 Å². The quantitative estimate of drug-likeness (QED) is 0.371. The summed E-state index contributed by atoms with van der Waals surface area (Å²) in [6.07, 6.45) is 4.27. The number of carbonyl (C=O) groups is 1. The topological polar surface area (TPSA) is 38.8 Å². The first-order valence-electron chi connectivity index (χ1n) is 8.73. The molecular weight excluding hydrogens is 390 g/mol. The molecule has 0 radical (unpaired) electrons. The Bertz CT molecular complexity index is 938. The number of thiocarbonyl (C=S) groups is 1. The van der Waals surface area contributed by atoms with Crippen molar-refractivity contribution in [3.05, 3.63) is 76.7 Å². The third-order valence-corrected chi connectivity index (χ3v) is 5.73. The smallest absolute Gasteiger partial charge is 0.265 e. The number of likely N-dealkylation sites (N-methyl/N-ethyl adjacent to an activating group) is 1. The van der Waals surface area contributed by atoms with E-state index >= 15 is 0 Å². The van der Waals surface area contributed by atoms with Crippen LogP contribution >= 0.6 is 24.0 Å². The van der Waals surface area contributed by atoms with E-state index in [4.69, 9.17) is 21.7 Å². The molecule has 1 aliphatic heterocycles. The molecule has 1 heterocycles. The molecule has 0 unspecified atom stereocenters. The van der Waals surface area contributed by atoms with Crippen LogP contribution in [0.1, 0.15) is 16.7 Å². The van der Waals surface area contributed by atoms with Crippen molar-refractivity contribution in [3.63, 3.8) is 0 Å². The maximum Gasteiger partial charge on any atom is 0.265 e.